The van der Waals surface area contributed by atoms with E-state index < -0.39 is 15.8 Å². The van der Waals surface area contributed by atoms with Gasteiger partial charge in [0.1, 0.15) is 5.82 Å². The lowest BCUT2D eigenvalue weighted by Gasteiger charge is -2.31. The van der Waals surface area contributed by atoms with E-state index in [4.69, 9.17) is 5.73 Å². The van der Waals surface area contributed by atoms with Crippen molar-refractivity contribution < 1.29 is 12.8 Å². The van der Waals surface area contributed by atoms with E-state index in [1.165, 1.54) is 16.4 Å². The Kier molecular flexibility index (Phi) is 3.84. The molecule has 0 radical (unpaired) electrons. The Bertz CT molecular complexity index is 548. The van der Waals surface area contributed by atoms with Crippen LogP contribution in [0.3, 0.4) is 0 Å². The molecule has 1 atom stereocenters. The summed E-state index contributed by atoms with van der Waals surface area (Å²) < 4.78 is 39.3. The van der Waals surface area contributed by atoms with Crippen molar-refractivity contribution in [2.75, 3.05) is 23.8 Å². The number of anilines is 1. The first-order valence-electron chi connectivity index (χ1n) is 5.57. The maximum absolute atomic E-state index is 13.1. The van der Waals surface area contributed by atoms with Gasteiger partial charge >= 0.3 is 0 Å². The van der Waals surface area contributed by atoms with Gasteiger partial charge in [0.2, 0.25) is 10.0 Å². The highest BCUT2D eigenvalue weighted by Gasteiger charge is 2.31. The van der Waals surface area contributed by atoms with Gasteiger partial charge in [0.05, 0.1) is 10.6 Å². The molecule has 1 saturated heterocycles. The molecule has 0 spiro atoms. The molecule has 1 aromatic carbocycles. The standard InChI is InChI=1S/C11H15FN2O2S2/c1-8-7-17-5-4-14(8)18(15,16)9-2-3-10(12)11(13)6-9/h2-3,6,8H,4-5,7,13H2,1H3. The van der Waals surface area contributed by atoms with Gasteiger partial charge in [-0.3, -0.25) is 0 Å². The number of hydrogen-bond acceptors (Lipinski definition) is 4. The molecule has 0 amide bonds. The molecule has 4 nitrogen and oxygen atoms in total. The summed E-state index contributed by atoms with van der Waals surface area (Å²) in [6, 6.07) is 3.47. The zero-order chi connectivity index (χ0) is 13.3. The van der Waals surface area contributed by atoms with E-state index in [0.717, 1.165) is 17.6 Å². The third-order valence-corrected chi connectivity index (χ3v) is 6.08. The van der Waals surface area contributed by atoms with Crippen LogP contribution < -0.4 is 5.73 Å². The van der Waals surface area contributed by atoms with Gasteiger partial charge in [-0.25, -0.2) is 12.8 Å². The van der Waals surface area contributed by atoms with E-state index in [0.29, 0.717) is 6.54 Å². The lowest BCUT2D eigenvalue weighted by molar-refractivity contribution is 0.367. The number of rotatable bonds is 2. The zero-order valence-electron chi connectivity index (χ0n) is 9.97. The number of sulfonamides is 1. The first-order valence-corrected chi connectivity index (χ1v) is 8.17. The van der Waals surface area contributed by atoms with Crippen molar-refractivity contribution in [3.63, 3.8) is 0 Å². The molecule has 1 aliphatic rings. The molecule has 18 heavy (non-hydrogen) atoms. The number of nitrogens with zero attached hydrogens (tertiary/aromatic N) is 1. The summed E-state index contributed by atoms with van der Waals surface area (Å²) in [5.41, 5.74) is 5.28. The first-order chi connectivity index (χ1) is 8.43. The van der Waals surface area contributed by atoms with Crippen LogP contribution >= 0.6 is 11.8 Å². The van der Waals surface area contributed by atoms with E-state index >= 15 is 0 Å². The summed E-state index contributed by atoms with van der Waals surface area (Å²) in [4.78, 5) is 0.0557. The number of halogens is 1. The van der Waals surface area contributed by atoms with Crippen LogP contribution in [0.15, 0.2) is 23.1 Å². The van der Waals surface area contributed by atoms with Crippen LogP contribution in [-0.4, -0.2) is 36.8 Å². The summed E-state index contributed by atoms with van der Waals surface area (Å²) in [6.45, 7) is 2.35. The number of thioether (sulfide) groups is 1. The van der Waals surface area contributed by atoms with Gasteiger partial charge in [0, 0.05) is 24.1 Å². The minimum absolute atomic E-state index is 0.0555. The highest BCUT2D eigenvalue weighted by atomic mass is 32.2. The van der Waals surface area contributed by atoms with Gasteiger partial charge in [-0.2, -0.15) is 16.1 Å². The second kappa shape index (κ2) is 5.07. The average molecular weight is 290 g/mol. The second-order valence-electron chi connectivity index (χ2n) is 4.22. The van der Waals surface area contributed by atoms with Crippen molar-refractivity contribution in [1.82, 2.24) is 4.31 Å². The molecule has 2 rings (SSSR count). The molecule has 0 saturated carbocycles. The maximum Gasteiger partial charge on any atom is 0.243 e. The molecule has 0 aliphatic carbocycles. The molecular weight excluding hydrogens is 275 g/mol. The minimum Gasteiger partial charge on any atom is -0.396 e. The van der Waals surface area contributed by atoms with Crippen LogP contribution in [0.2, 0.25) is 0 Å². The molecule has 100 valence electrons. The van der Waals surface area contributed by atoms with Crippen molar-refractivity contribution in [3.05, 3.63) is 24.0 Å². The van der Waals surface area contributed by atoms with Crippen LogP contribution in [0, 0.1) is 5.82 Å². The Hall–Kier alpha value is -0.790. The van der Waals surface area contributed by atoms with E-state index in [-0.39, 0.29) is 16.6 Å². The number of hydrogen-bond donors (Lipinski definition) is 1. The molecule has 1 fully saturated rings. The predicted molar refractivity (Wildman–Crippen MR) is 71.5 cm³/mol. The second-order valence-corrected chi connectivity index (χ2v) is 7.26. The lowest BCUT2D eigenvalue weighted by atomic mass is 10.3. The largest absolute Gasteiger partial charge is 0.396 e. The van der Waals surface area contributed by atoms with Crippen LogP contribution in [0.4, 0.5) is 10.1 Å². The molecule has 1 aromatic rings. The van der Waals surface area contributed by atoms with E-state index in [1.807, 2.05) is 6.92 Å². The highest BCUT2D eigenvalue weighted by Crippen LogP contribution is 2.26. The van der Waals surface area contributed by atoms with E-state index in [1.54, 1.807) is 11.8 Å². The third-order valence-electron chi connectivity index (χ3n) is 2.88. The summed E-state index contributed by atoms with van der Waals surface area (Å²) in [5, 5.41) is 0. The summed E-state index contributed by atoms with van der Waals surface area (Å²) in [7, 11) is -3.58. The van der Waals surface area contributed by atoms with Crippen LogP contribution in [0.1, 0.15) is 6.92 Å². The predicted octanol–water partition coefficient (Wildman–Crippen LogP) is 1.53. The normalized spacial score (nSPS) is 22.0. The van der Waals surface area contributed by atoms with Crippen molar-refractivity contribution >= 4 is 27.5 Å². The third kappa shape index (κ3) is 2.48. The van der Waals surface area contributed by atoms with Crippen molar-refractivity contribution in [3.8, 4) is 0 Å². The monoisotopic (exact) mass is 290 g/mol. The summed E-state index contributed by atoms with van der Waals surface area (Å²) in [6.07, 6.45) is 0. The van der Waals surface area contributed by atoms with Gasteiger partial charge in [0.15, 0.2) is 0 Å². The Balaban J connectivity index is 2.37. The molecule has 0 aromatic heterocycles. The summed E-state index contributed by atoms with van der Waals surface area (Å²) in [5.74, 6) is 0.951. The van der Waals surface area contributed by atoms with Crippen molar-refractivity contribution in [1.29, 1.82) is 0 Å². The maximum atomic E-state index is 13.1. The molecule has 7 heteroatoms. The Labute approximate surface area is 110 Å². The first kappa shape index (κ1) is 13.6. The van der Waals surface area contributed by atoms with Gasteiger partial charge < -0.3 is 5.73 Å². The van der Waals surface area contributed by atoms with Gasteiger partial charge in [0.25, 0.3) is 0 Å². The van der Waals surface area contributed by atoms with Crippen LogP contribution in [0.5, 0.6) is 0 Å². The number of nitrogen functional groups attached to an aromatic ring is 1. The fourth-order valence-electron chi connectivity index (χ4n) is 1.89. The van der Waals surface area contributed by atoms with Gasteiger partial charge in [-0.05, 0) is 25.1 Å². The molecule has 1 heterocycles. The smallest absolute Gasteiger partial charge is 0.243 e. The lowest BCUT2D eigenvalue weighted by Crippen LogP contribution is -2.44. The zero-order valence-corrected chi connectivity index (χ0v) is 11.6. The van der Waals surface area contributed by atoms with Crippen molar-refractivity contribution in [2.45, 2.75) is 17.9 Å². The highest BCUT2D eigenvalue weighted by molar-refractivity contribution is 7.99. The topological polar surface area (TPSA) is 63.4 Å². The quantitative estimate of drug-likeness (QED) is 0.839. The Morgan fingerprint density at radius 3 is 2.83 bits per heavy atom. The fourth-order valence-corrected chi connectivity index (χ4v) is 4.78. The van der Waals surface area contributed by atoms with Crippen molar-refractivity contribution in [2.24, 2.45) is 0 Å². The van der Waals surface area contributed by atoms with Crippen LogP contribution in [-0.2, 0) is 10.0 Å². The van der Waals surface area contributed by atoms with Gasteiger partial charge in [-0.15, -0.1) is 0 Å². The summed E-state index contributed by atoms with van der Waals surface area (Å²) >= 11 is 1.73. The molecular formula is C11H15FN2O2S2. The number of nitrogens with two attached hydrogens (primary N) is 1. The SMILES string of the molecule is CC1CSCCN1S(=O)(=O)c1ccc(F)c(N)c1. The fraction of sp³-hybridized carbons (Fsp3) is 0.455. The number of benzene rings is 1. The van der Waals surface area contributed by atoms with E-state index in [2.05, 4.69) is 0 Å². The molecule has 0 bridgehead atoms. The Morgan fingerprint density at radius 2 is 2.22 bits per heavy atom. The average Bonchev–Trinajstić information content (AvgIpc) is 2.33. The molecule has 1 aliphatic heterocycles. The van der Waals surface area contributed by atoms with Gasteiger partial charge in [-0.1, -0.05) is 0 Å². The molecule has 2 N–H and O–H groups in total. The van der Waals surface area contributed by atoms with Crippen LogP contribution in [0.25, 0.3) is 0 Å². The Morgan fingerprint density at radius 1 is 1.50 bits per heavy atom. The minimum atomic E-state index is -3.58. The van der Waals surface area contributed by atoms with E-state index in [9.17, 15) is 12.8 Å². The molecule has 1 unspecified atom stereocenters.